The molecular formula is C24H20ClN3O4. The fourth-order valence-electron chi connectivity index (χ4n) is 2.82. The average Bonchev–Trinajstić information content (AvgIpc) is 2.74. The van der Waals surface area contributed by atoms with E-state index in [4.69, 9.17) is 16.3 Å². The third-order valence-electron chi connectivity index (χ3n) is 4.24. The minimum atomic E-state index is -0.895. The van der Waals surface area contributed by atoms with Crippen LogP contribution in [0.2, 0.25) is 5.02 Å². The van der Waals surface area contributed by atoms with E-state index in [2.05, 4.69) is 15.8 Å². The topological polar surface area (TPSA) is 96.9 Å². The molecule has 0 fully saturated rings. The van der Waals surface area contributed by atoms with Crippen molar-refractivity contribution in [2.24, 2.45) is 5.10 Å². The number of rotatable bonds is 5. The second kappa shape index (κ2) is 10.4. The number of hydrazone groups is 1. The second-order valence-electron chi connectivity index (χ2n) is 7.00. The zero-order valence-electron chi connectivity index (χ0n) is 17.4. The molecule has 0 bridgehead atoms. The van der Waals surface area contributed by atoms with Crippen LogP contribution in [0.25, 0.3) is 0 Å². The Bertz CT molecular complexity index is 1150. The first-order valence-corrected chi connectivity index (χ1v) is 9.98. The highest BCUT2D eigenvalue weighted by Gasteiger charge is 2.13. The van der Waals surface area contributed by atoms with Gasteiger partial charge in [0.25, 0.3) is 0 Å². The number of halogens is 1. The van der Waals surface area contributed by atoms with Gasteiger partial charge in [0.15, 0.2) is 0 Å². The number of amides is 2. The number of carbonyl (C=O) groups excluding carboxylic acids is 3. The summed E-state index contributed by atoms with van der Waals surface area (Å²) in [7, 11) is 0. The normalized spacial score (nSPS) is 10.6. The van der Waals surface area contributed by atoms with Crippen molar-refractivity contribution in [3.63, 3.8) is 0 Å². The van der Waals surface area contributed by atoms with Gasteiger partial charge in [-0.1, -0.05) is 17.7 Å². The van der Waals surface area contributed by atoms with E-state index in [0.717, 1.165) is 11.1 Å². The largest absolute Gasteiger partial charge is 0.423 e. The monoisotopic (exact) mass is 449 g/mol. The number of anilines is 1. The molecule has 2 amide bonds. The standard InChI is InChI=1S/C24H20ClN3O4/c1-15-11-16(2)13-20(12-15)27-22(29)23(30)28-26-14-17-3-9-21(10-4-17)32-24(31)18-5-7-19(25)8-6-18/h3-14H,1-2H3,(H,27,29)(H,28,30)/b26-14+. The molecule has 0 aliphatic carbocycles. The SMILES string of the molecule is Cc1cc(C)cc(NC(=O)C(=O)N/N=C/c2ccc(OC(=O)c3ccc(Cl)cc3)cc2)c1. The molecule has 0 heterocycles. The van der Waals surface area contributed by atoms with Crippen LogP contribution in [0, 0.1) is 13.8 Å². The van der Waals surface area contributed by atoms with E-state index in [1.807, 2.05) is 19.9 Å². The van der Waals surface area contributed by atoms with Crippen molar-refractivity contribution >= 4 is 41.3 Å². The lowest BCUT2D eigenvalue weighted by Crippen LogP contribution is -2.32. The molecule has 32 heavy (non-hydrogen) atoms. The predicted octanol–water partition coefficient (Wildman–Crippen LogP) is 4.26. The summed E-state index contributed by atoms with van der Waals surface area (Å²) in [5.74, 6) is -1.88. The first-order valence-electron chi connectivity index (χ1n) is 9.60. The van der Waals surface area contributed by atoms with Crippen LogP contribution < -0.4 is 15.5 Å². The molecule has 0 spiro atoms. The number of benzene rings is 3. The van der Waals surface area contributed by atoms with Gasteiger partial charge in [0, 0.05) is 10.7 Å². The Hall–Kier alpha value is -3.97. The van der Waals surface area contributed by atoms with Crippen LogP contribution in [0.15, 0.2) is 71.8 Å². The number of ether oxygens (including phenoxy) is 1. The summed E-state index contributed by atoms with van der Waals surface area (Å²) < 4.78 is 5.29. The van der Waals surface area contributed by atoms with Crippen LogP contribution in [0.3, 0.4) is 0 Å². The number of carbonyl (C=O) groups is 3. The Balaban J connectivity index is 1.51. The molecule has 3 aromatic rings. The Labute approximate surface area is 190 Å². The van der Waals surface area contributed by atoms with Crippen molar-refractivity contribution in [3.8, 4) is 5.75 Å². The Kier molecular flexibility index (Phi) is 7.36. The summed E-state index contributed by atoms with van der Waals surface area (Å²) in [5.41, 5.74) is 5.67. The van der Waals surface area contributed by atoms with E-state index < -0.39 is 17.8 Å². The van der Waals surface area contributed by atoms with E-state index in [1.54, 1.807) is 60.7 Å². The summed E-state index contributed by atoms with van der Waals surface area (Å²) in [6.45, 7) is 3.80. The Morgan fingerprint density at radius 1 is 0.875 bits per heavy atom. The lowest BCUT2D eigenvalue weighted by Gasteiger charge is -2.06. The zero-order valence-corrected chi connectivity index (χ0v) is 18.1. The maximum Gasteiger partial charge on any atom is 0.343 e. The van der Waals surface area contributed by atoms with E-state index in [1.165, 1.54) is 6.21 Å². The molecule has 0 saturated heterocycles. The van der Waals surface area contributed by atoms with Crippen LogP contribution >= 0.6 is 11.6 Å². The first kappa shape index (κ1) is 22.7. The molecule has 0 radical (unpaired) electrons. The molecule has 3 rings (SSSR count). The molecule has 8 heteroatoms. The number of nitrogens with zero attached hydrogens (tertiary/aromatic N) is 1. The third-order valence-corrected chi connectivity index (χ3v) is 4.49. The van der Waals surface area contributed by atoms with Crippen LogP contribution in [0.5, 0.6) is 5.75 Å². The van der Waals surface area contributed by atoms with Crippen LogP contribution in [-0.4, -0.2) is 24.0 Å². The van der Waals surface area contributed by atoms with Gasteiger partial charge in [0.2, 0.25) is 0 Å². The van der Waals surface area contributed by atoms with Gasteiger partial charge >= 0.3 is 17.8 Å². The van der Waals surface area contributed by atoms with Crippen molar-refractivity contribution in [3.05, 3.63) is 94.0 Å². The van der Waals surface area contributed by atoms with Gasteiger partial charge in [-0.15, -0.1) is 0 Å². The number of hydrogen-bond donors (Lipinski definition) is 2. The number of esters is 1. The second-order valence-corrected chi connectivity index (χ2v) is 7.43. The summed E-state index contributed by atoms with van der Waals surface area (Å²) in [6.07, 6.45) is 1.37. The third kappa shape index (κ3) is 6.52. The number of hydrogen-bond acceptors (Lipinski definition) is 5. The van der Waals surface area contributed by atoms with Gasteiger partial charge in [-0.2, -0.15) is 5.10 Å². The van der Waals surface area contributed by atoms with E-state index in [-0.39, 0.29) is 0 Å². The van der Waals surface area contributed by atoms with Crippen LogP contribution in [-0.2, 0) is 9.59 Å². The molecule has 2 N–H and O–H groups in total. The van der Waals surface area contributed by atoms with Crippen molar-refractivity contribution in [2.45, 2.75) is 13.8 Å². The number of nitrogens with one attached hydrogen (secondary N) is 2. The lowest BCUT2D eigenvalue weighted by atomic mass is 10.1. The predicted molar refractivity (Wildman–Crippen MR) is 123 cm³/mol. The van der Waals surface area contributed by atoms with E-state index in [0.29, 0.717) is 27.6 Å². The van der Waals surface area contributed by atoms with Crippen LogP contribution in [0.4, 0.5) is 5.69 Å². The molecular weight excluding hydrogens is 430 g/mol. The zero-order chi connectivity index (χ0) is 23.1. The fraction of sp³-hybridized carbons (Fsp3) is 0.0833. The van der Waals surface area contributed by atoms with Gasteiger partial charge in [0.05, 0.1) is 11.8 Å². The molecule has 0 atom stereocenters. The highest BCUT2D eigenvalue weighted by Crippen LogP contribution is 2.16. The maximum atomic E-state index is 12.1. The highest BCUT2D eigenvalue weighted by atomic mass is 35.5. The number of aryl methyl sites for hydroxylation is 2. The molecule has 3 aromatic carbocycles. The quantitative estimate of drug-likeness (QED) is 0.200. The molecule has 0 saturated carbocycles. The lowest BCUT2D eigenvalue weighted by molar-refractivity contribution is -0.136. The molecule has 162 valence electrons. The van der Waals surface area contributed by atoms with Crippen molar-refractivity contribution in [1.29, 1.82) is 0 Å². The van der Waals surface area contributed by atoms with Crippen molar-refractivity contribution < 1.29 is 19.1 Å². The first-order chi connectivity index (χ1) is 15.3. The minimum Gasteiger partial charge on any atom is -0.423 e. The summed E-state index contributed by atoms with van der Waals surface area (Å²) >= 11 is 5.81. The molecule has 0 unspecified atom stereocenters. The molecule has 0 aliphatic heterocycles. The Morgan fingerprint density at radius 3 is 2.12 bits per heavy atom. The summed E-state index contributed by atoms with van der Waals surface area (Å²) in [6, 6.07) is 18.3. The average molecular weight is 450 g/mol. The van der Waals surface area contributed by atoms with Gasteiger partial charge in [-0.05, 0) is 91.2 Å². The maximum absolute atomic E-state index is 12.1. The van der Waals surface area contributed by atoms with Gasteiger partial charge < -0.3 is 10.1 Å². The van der Waals surface area contributed by atoms with Gasteiger partial charge in [-0.3, -0.25) is 9.59 Å². The smallest absolute Gasteiger partial charge is 0.343 e. The summed E-state index contributed by atoms with van der Waals surface area (Å²) in [4.78, 5) is 36.1. The molecule has 7 nitrogen and oxygen atoms in total. The molecule has 0 aromatic heterocycles. The van der Waals surface area contributed by atoms with Crippen molar-refractivity contribution in [1.82, 2.24) is 5.43 Å². The van der Waals surface area contributed by atoms with E-state index >= 15 is 0 Å². The highest BCUT2D eigenvalue weighted by molar-refractivity contribution is 6.39. The van der Waals surface area contributed by atoms with Gasteiger partial charge in [-0.25, -0.2) is 10.2 Å². The van der Waals surface area contributed by atoms with Crippen LogP contribution in [0.1, 0.15) is 27.0 Å². The summed E-state index contributed by atoms with van der Waals surface area (Å²) in [5, 5.41) is 6.84. The fourth-order valence-corrected chi connectivity index (χ4v) is 2.95. The van der Waals surface area contributed by atoms with Gasteiger partial charge in [0.1, 0.15) is 5.75 Å². The molecule has 0 aliphatic rings. The van der Waals surface area contributed by atoms with Crippen molar-refractivity contribution in [2.75, 3.05) is 5.32 Å². The van der Waals surface area contributed by atoms with E-state index in [9.17, 15) is 14.4 Å². The Morgan fingerprint density at radius 2 is 1.50 bits per heavy atom. The minimum absolute atomic E-state index is 0.346.